The number of hydrogen-bond acceptors (Lipinski definition) is 1. The van der Waals surface area contributed by atoms with E-state index < -0.39 is 0 Å². The van der Waals surface area contributed by atoms with Gasteiger partial charge in [0.05, 0.1) is 6.67 Å². The summed E-state index contributed by atoms with van der Waals surface area (Å²) >= 11 is 0. The van der Waals surface area contributed by atoms with Crippen molar-refractivity contribution in [2.45, 2.75) is 12.5 Å². The van der Waals surface area contributed by atoms with Gasteiger partial charge in [-0.15, -0.1) is 0 Å². The Labute approximate surface area is 66.0 Å². The second-order valence-electron chi connectivity index (χ2n) is 2.49. The van der Waals surface area contributed by atoms with E-state index in [9.17, 15) is 4.39 Å². The number of rotatable bonds is 3. The number of nitrogens with two attached hydrogens (primary N) is 1. The van der Waals surface area contributed by atoms with Crippen LogP contribution >= 0.6 is 0 Å². The number of hydrogen-bond donors (Lipinski definition) is 1. The third-order valence-electron chi connectivity index (χ3n) is 1.65. The van der Waals surface area contributed by atoms with Gasteiger partial charge in [-0.2, -0.15) is 0 Å². The van der Waals surface area contributed by atoms with Gasteiger partial charge in [0, 0.05) is 6.04 Å². The molecule has 1 nitrogen and oxygen atoms in total. The molecule has 0 heterocycles. The molecule has 0 saturated heterocycles. The highest BCUT2D eigenvalue weighted by atomic mass is 19.1. The molecule has 1 atom stereocenters. The minimum absolute atomic E-state index is 0.152. The van der Waals surface area contributed by atoms with Crippen LogP contribution in [0, 0.1) is 0 Å². The molecule has 1 aromatic carbocycles. The van der Waals surface area contributed by atoms with Crippen LogP contribution in [-0.2, 0) is 0 Å². The summed E-state index contributed by atoms with van der Waals surface area (Å²) in [6.07, 6.45) is 0.407. The molecule has 0 saturated carbocycles. The van der Waals surface area contributed by atoms with Gasteiger partial charge in [-0.1, -0.05) is 30.3 Å². The zero-order chi connectivity index (χ0) is 8.10. The molecule has 0 aromatic heterocycles. The Kier molecular flexibility index (Phi) is 3.05. The van der Waals surface area contributed by atoms with Gasteiger partial charge in [0.15, 0.2) is 0 Å². The van der Waals surface area contributed by atoms with Crippen LogP contribution < -0.4 is 5.73 Å². The van der Waals surface area contributed by atoms with Gasteiger partial charge >= 0.3 is 0 Å². The van der Waals surface area contributed by atoms with E-state index in [0.29, 0.717) is 6.42 Å². The Morgan fingerprint density at radius 2 is 1.91 bits per heavy atom. The predicted molar refractivity (Wildman–Crippen MR) is 44.0 cm³/mol. The summed E-state index contributed by atoms with van der Waals surface area (Å²) in [6.45, 7) is -0.351. The Morgan fingerprint density at radius 3 is 2.45 bits per heavy atom. The van der Waals surface area contributed by atoms with Crippen LogP contribution in [0.15, 0.2) is 30.3 Å². The van der Waals surface area contributed by atoms with E-state index in [-0.39, 0.29) is 12.7 Å². The van der Waals surface area contributed by atoms with Crippen molar-refractivity contribution < 1.29 is 4.39 Å². The van der Waals surface area contributed by atoms with Crippen LogP contribution in [0.5, 0.6) is 0 Å². The van der Waals surface area contributed by atoms with Crippen LogP contribution in [0.25, 0.3) is 0 Å². The SMILES string of the molecule is N[C@H](CCF)c1ccccc1. The van der Waals surface area contributed by atoms with Crippen molar-refractivity contribution in [3.05, 3.63) is 35.9 Å². The van der Waals surface area contributed by atoms with E-state index >= 15 is 0 Å². The molecule has 0 aliphatic heterocycles. The molecule has 60 valence electrons. The maximum atomic E-state index is 11.8. The fraction of sp³-hybridized carbons (Fsp3) is 0.333. The molecule has 1 aromatic rings. The van der Waals surface area contributed by atoms with E-state index in [1.54, 1.807) is 0 Å². The molecular formula is C9H12FN. The van der Waals surface area contributed by atoms with Crippen molar-refractivity contribution in [2.75, 3.05) is 6.67 Å². The van der Waals surface area contributed by atoms with Crippen LogP contribution in [0.3, 0.4) is 0 Å². The first-order valence-electron chi connectivity index (χ1n) is 3.71. The lowest BCUT2D eigenvalue weighted by Gasteiger charge is -2.08. The monoisotopic (exact) mass is 153 g/mol. The molecular weight excluding hydrogens is 141 g/mol. The summed E-state index contributed by atoms with van der Waals surface area (Å²) in [7, 11) is 0. The van der Waals surface area contributed by atoms with E-state index in [1.165, 1.54) is 0 Å². The fourth-order valence-corrected chi connectivity index (χ4v) is 0.984. The normalized spacial score (nSPS) is 12.9. The molecule has 2 N–H and O–H groups in total. The smallest absolute Gasteiger partial charge is 0.0912 e. The van der Waals surface area contributed by atoms with E-state index in [1.807, 2.05) is 30.3 Å². The predicted octanol–water partition coefficient (Wildman–Crippen LogP) is 2.05. The first-order valence-corrected chi connectivity index (χ1v) is 3.71. The molecule has 1 rings (SSSR count). The van der Waals surface area contributed by atoms with Crippen LogP contribution in [0.4, 0.5) is 4.39 Å². The summed E-state index contributed by atoms with van der Waals surface area (Å²) in [5.41, 5.74) is 6.67. The van der Waals surface area contributed by atoms with Gasteiger partial charge in [-0.05, 0) is 12.0 Å². The molecule has 0 radical (unpaired) electrons. The Hall–Kier alpha value is -0.890. The molecule has 0 unspecified atom stereocenters. The number of alkyl halides is 1. The zero-order valence-corrected chi connectivity index (χ0v) is 6.33. The summed E-state index contributed by atoms with van der Waals surface area (Å²) in [5.74, 6) is 0. The van der Waals surface area contributed by atoms with Crippen molar-refractivity contribution in [1.29, 1.82) is 0 Å². The van der Waals surface area contributed by atoms with Gasteiger partial charge in [-0.3, -0.25) is 4.39 Å². The van der Waals surface area contributed by atoms with Crippen molar-refractivity contribution in [3.8, 4) is 0 Å². The second-order valence-corrected chi connectivity index (χ2v) is 2.49. The standard InChI is InChI=1S/C9H12FN/c10-7-6-9(11)8-4-2-1-3-5-8/h1-5,9H,6-7,11H2/t9-/m1/s1. The van der Waals surface area contributed by atoms with Crippen molar-refractivity contribution >= 4 is 0 Å². The Bertz CT molecular complexity index is 198. The largest absolute Gasteiger partial charge is 0.324 e. The van der Waals surface area contributed by atoms with E-state index in [2.05, 4.69) is 0 Å². The lowest BCUT2D eigenvalue weighted by molar-refractivity contribution is 0.442. The summed E-state index contributed by atoms with van der Waals surface area (Å²) in [6, 6.07) is 9.42. The Balaban J connectivity index is 2.61. The summed E-state index contributed by atoms with van der Waals surface area (Å²) < 4.78 is 11.8. The van der Waals surface area contributed by atoms with Crippen molar-refractivity contribution in [2.24, 2.45) is 5.73 Å². The molecule has 0 spiro atoms. The highest BCUT2D eigenvalue weighted by Crippen LogP contribution is 2.12. The lowest BCUT2D eigenvalue weighted by atomic mass is 10.1. The molecule has 0 aliphatic carbocycles. The van der Waals surface area contributed by atoms with E-state index in [4.69, 9.17) is 5.73 Å². The number of benzene rings is 1. The highest BCUT2D eigenvalue weighted by Gasteiger charge is 2.02. The summed E-state index contributed by atoms with van der Waals surface area (Å²) in [5, 5.41) is 0. The summed E-state index contributed by atoms with van der Waals surface area (Å²) in [4.78, 5) is 0. The fourth-order valence-electron chi connectivity index (χ4n) is 0.984. The molecule has 0 amide bonds. The molecule has 2 heteroatoms. The molecule has 0 aliphatic rings. The topological polar surface area (TPSA) is 26.0 Å². The minimum atomic E-state index is -0.351. The third-order valence-corrected chi connectivity index (χ3v) is 1.65. The van der Waals surface area contributed by atoms with Gasteiger partial charge < -0.3 is 5.73 Å². The lowest BCUT2D eigenvalue weighted by Crippen LogP contribution is -2.10. The van der Waals surface area contributed by atoms with Gasteiger partial charge in [-0.25, -0.2) is 0 Å². The van der Waals surface area contributed by atoms with Gasteiger partial charge in [0.25, 0.3) is 0 Å². The first kappa shape index (κ1) is 8.21. The van der Waals surface area contributed by atoms with Gasteiger partial charge in [0.1, 0.15) is 0 Å². The quantitative estimate of drug-likeness (QED) is 0.706. The van der Waals surface area contributed by atoms with Crippen molar-refractivity contribution in [3.63, 3.8) is 0 Å². The zero-order valence-electron chi connectivity index (χ0n) is 6.33. The third kappa shape index (κ3) is 2.31. The van der Waals surface area contributed by atoms with Crippen LogP contribution in [-0.4, -0.2) is 6.67 Å². The maximum absolute atomic E-state index is 11.8. The van der Waals surface area contributed by atoms with Crippen molar-refractivity contribution in [1.82, 2.24) is 0 Å². The molecule has 0 fully saturated rings. The highest BCUT2D eigenvalue weighted by molar-refractivity contribution is 5.18. The molecule has 0 bridgehead atoms. The average Bonchev–Trinajstić information content (AvgIpc) is 2.07. The van der Waals surface area contributed by atoms with Crippen LogP contribution in [0.1, 0.15) is 18.0 Å². The average molecular weight is 153 g/mol. The Morgan fingerprint density at radius 1 is 1.27 bits per heavy atom. The van der Waals surface area contributed by atoms with Gasteiger partial charge in [0.2, 0.25) is 0 Å². The first-order chi connectivity index (χ1) is 5.34. The van der Waals surface area contributed by atoms with E-state index in [0.717, 1.165) is 5.56 Å². The second kappa shape index (κ2) is 4.09. The molecule has 11 heavy (non-hydrogen) atoms. The van der Waals surface area contributed by atoms with Crippen LogP contribution in [0.2, 0.25) is 0 Å². The minimum Gasteiger partial charge on any atom is -0.324 e. The maximum Gasteiger partial charge on any atom is 0.0912 e. The number of halogens is 1.